The van der Waals surface area contributed by atoms with E-state index in [4.69, 9.17) is 11.6 Å². The van der Waals surface area contributed by atoms with E-state index in [0.29, 0.717) is 0 Å². The second-order valence-electron chi connectivity index (χ2n) is 1.54. The smallest absolute Gasteiger partial charge is 0.273 e. The van der Waals surface area contributed by atoms with Crippen LogP contribution in [-0.2, 0) is 4.79 Å². The molecular formula is C4H2ClNO2S2. The van der Waals surface area contributed by atoms with Gasteiger partial charge in [0.15, 0.2) is 4.32 Å². The zero-order chi connectivity index (χ0) is 7.72. The molecule has 6 heteroatoms. The minimum Gasteiger partial charge on any atom is -0.273 e. The Kier molecular flexibility index (Phi) is 2.28. The first kappa shape index (κ1) is 7.97. The van der Waals surface area contributed by atoms with Crippen LogP contribution in [0.25, 0.3) is 0 Å². The fraction of sp³-hybridized carbons (Fsp3) is 0.250. The van der Waals surface area contributed by atoms with Crippen molar-refractivity contribution in [1.29, 1.82) is 0 Å². The molecule has 54 valence electrons. The van der Waals surface area contributed by atoms with Gasteiger partial charge in [-0.15, -0.1) is 0 Å². The number of hydrogen-bond donors (Lipinski definition) is 0. The molecule has 0 aromatic rings. The Morgan fingerprint density at radius 2 is 2.40 bits per heavy atom. The SMILES string of the molecule is O=C(Cl)N1C(=O)CSC1=S. The fourth-order valence-electron chi connectivity index (χ4n) is 0.524. The van der Waals surface area contributed by atoms with Gasteiger partial charge in [-0.1, -0.05) is 24.0 Å². The third-order valence-corrected chi connectivity index (χ3v) is 2.45. The zero-order valence-electron chi connectivity index (χ0n) is 4.67. The van der Waals surface area contributed by atoms with Crippen LogP contribution in [-0.4, -0.2) is 26.2 Å². The number of carbonyl (C=O) groups excluding carboxylic acids is 2. The molecule has 2 amide bonds. The lowest BCUT2D eigenvalue weighted by molar-refractivity contribution is -0.121. The van der Waals surface area contributed by atoms with Crippen LogP contribution >= 0.6 is 35.6 Å². The summed E-state index contributed by atoms with van der Waals surface area (Å²) in [5.41, 5.74) is 0. The second kappa shape index (κ2) is 2.86. The highest BCUT2D eigenvalue weighted by molar-refractivity contribution is 8.24. The van der Waals surface area contributed by atoms with Crippen LogP contribution in [0.4, 0.5) is 4.79 Å². The molecule has 1 rings (SSSR count). The first-order valence-corrected chi connectivity index (χ1v) is 4.09. The predicted molar refractivity (Wildman–Crippen MR) is 43.2 cm³/mol. The van der Waals surface area contributed by atoms with Crippen molar-refractivity contribution in [1.82, 2.24) is 4.90 Å². The summed E-state index contributed by atoms with van der Waals surface area (Å²) in [6.45, 7) is 0. The largest absolute Gasteiger partial charge is 0.328 e. The molecule has 1 aliphatic heterocycles. The highest BCUT2D eigenvalue weighted by Crippen LogP contribution is 2.20. The summed E-state index contributed by atoms with van der Waals surface area (Å²) in [5, 5.41) is -0.819. The summed E-state index contributed by atoms with van der Waals surface area (Å²) in [6, 6.07) is 0. The molecule has 0 saturated carbocycles. The van der Waals surface area contributed by atoms with Crippen molar-refractivity contribution in [2.75, 3.05) is 5.75 Å². The average Bonchev–Trinajstić information content (AvgIpc) is 2.11. The van der Waals surface area contributed by atoms with Crippen molar-refractivity contribution in [2.45, 2.75) is 0 Å². The number of thiocarbonyl (C=S) groups is 1. The predicted octanol–water partition coefficient (Wildman–Crippen LogP) is 1.21. The van der Waals surface area contributed by atoms with E-state index in [2.05, 4.69) is 12.2 Å². The Balaban J connectivity index is 2.82. The van der Waals surface area contributed by atoms with Gasteiger partial charge in [-0.05, 0) is 11.6 Å². The number of halogens is 1. The summed E-state index contributed by atoms with van der Waals surface area (Å²) >= 11 is 10.8. The molecule has 0 bridgehead atoms. The molecule has 1 heterocycles. The maximum atomic E-state index is 10.7. The lowest BCUT2D eigenvalue weighted by atomic mass is 10.6. The first-order valence-electron chi connectivity index (χ1n) is 2.32. The van der Waals surface area contributed by atoms with Gasteiger partial charge in [0.05, 0.1) is 5.75 Å². The number of carbonyl (C=O) groups is 2. The van der Waals surface area contributed by atoms with Crippen LogP contribution in [0.3, 0.4) is 0 Å². The van der Waals surface area contributed by atoms with Crippen molar-refractivity contribution in [3.05, 3.63) is 0 Å². The van der Waals surface area contributed by atoms with Gasteiger partial charge in [0.1, 0.15) is 0 Å². The van der Waals surface area contributed by atoms with Gasteiger partial charge in [0.25, 0.3) is 0 Å². The van der Waals surface area contributed by atoms with Gasteiger partial charge in [0, 0.05) is 0 Å². The van der Waals surface area contributed by atoms with Gasteiger partial charge in [-0.2, -0.15) is 0 Å². The average molecular weight is 196 g/mol. The summed E-state index contributed by atoms with van der Waals surface area (Å²) in [4.78, 5) is 22.0. The van der Waals surface area contributed by atoms with E-state index in [9.17, 15) is 9.59 Å². The highest BCUT2D eigenvalue weighted by atomic mass is 35.5. The molecule has 0 N–H and O–H groups in total. The van der Waals surface area contributed by atoms with E-state index < -0.39 is 5.37 Å². The van der Waals surface area contributed by atoms with Gasteiger partial charge < -0.3 is 0 Å². The Morgan fingerprint density at radius 3 is 2.60 bits per heavy atom. The number of thioether (sulfide) groups is 1. The number of imide groups is 1. The zero-order valence-corrected chi connectivity index (χ0v) is 7.05. The van der Waals surface area contributed by atoms with Crippen molar-refractivity contribution >= 4 is 51.2 Å². The lowest BCUT2D eigenvalue weighted by Crippen LogP contribution is -2.30. The molecule has 10 heavy (non-hydrogen) atoms. The molecule has 3 nitrogen and oxygen atoms in total. The van der Waals surface area contributed by atoms with Crippen LogP contribution in [0.5, 0.6) is 0 Å². The van der Waals surface area contributed by atoms with Crippen molar-refractivity contribution in [3.8, 4) is 0 Å². The maximum absolute atomic E-state index is 10.7. The fourth-order valence-corrected chi connectivity index (χ4v) is 1.85. The monoisotopic (exact) mass is 195 g/mol. The van der Waals surface area contributed by atoms with E-state index in [1.807, 2.05) is 0 Å². The summed E-state index contributed by atoms with van der Waals surface area (Å²) in [5.74, 6) is -0.118. The molecule has 0 atom stereocenters. The first-order chi connectivity index (χ1) is 4.63. The van der Waals surface area contributed by atoms with E-state index in [1.165, 1.54) is 0 Å². The van der Waals surface area contributed by atoms with E-state index >= 15 is 0 Å². The third kappa shape index (κ3) is 1.31. The molecule has 0 aromatic carbocycles. The van der Waals surface area contributed by atoms with Gasteiger partial charge in [-0.25, -0.2) is 4.90 Å². The van der Waals surface area contributed by atoms with E-state index in [0.717, 1.165) is 16.7 Å². The van der Waals surface area contributed by atoms with Crippen LogP contribution in [0.15, 0.2) is 0 Å². The van der Waals surface area contributed by atoms with Crippen molar-refractivity contribution in [2.24, 2.45) is 0 Å². The molecule has 0 spiro atoms. The minimum atomic E-state index is -0.819. The molecule has 1 saturated heterocycles. The lowest BCUT2D eigenvalue weighted by Gasteiger charge is -2.05. The van der Waals surface area contributed by atoms with Crippen LogP contribution in [0, 0.1) is 0 Å². The van der Waals surface area contributed by atoms with Crippen LogP contribution < -0.4 is 0 Å². The molecule has 0 aromatic heterocycles. The van der Waals surface area contributed by atoms with E-state index in [-0.39, 0.29) is 16.0 Å². The number of hydrogen-bond acceptors (Lipinski definition) is 4. The van der Waals surface area contributed by atoms with E-state index in [1.54, 1.807) is 0 Å². The second-order valence-corrected chi connectivity index (χ2v) is 3.47. The molecule has 0 aliphatic carbocycles. The maximum Gasteiger partial charge on any atom is 0.328 e. The summed E-state index contributed by atoms with van der Waals surface area (Å²) in [6.07, 6.45) is 0. The molecule has 1 fully saturated rings. The van der Waals surface area contributed by atoms with Crippen molar-refractivity contribution < 1.29 is 9.59 Å². The normalized spacial score (nSPS) is 18.3. The highest BCUT2D eigenvalue weighted by Gasteiger charge is 2.30. The van der Waals surface area contributed by atoms with Gasteiger partial charge in [-0.3, -0.25) is 9.59 Å². The number of amides is 2. The standard InChI is InChI=1S/C4H2ClNO2S2/c5-3(8)6-2(7)1-10-4(6)9/h1H2. The quantitative estimate of drug-likeness (QED) is 0.331. The Bertz CT molecular complexity index is 201. The number of rotatable bonds is 0. The molecule has 0 unspecified atom stereocenters. The minimum absolute atomic E-state index is 0.220. The summed E-state index contributed by atoms with van der Waals surface area (Å²) in [7, 11) is 0. The van der Waals surface area contributed by atoms with Gasteiger partial charge in [0.2, 0.25) is 5.91 Å². The Hall–Kier alpha value is -0.130. The van der Waals surface area contributed by atoms with Gasteiger partial charge >= 0.3 is 5.37 Å². The van der Waals surface area contributed by atoms with Crippen LogP contribution in [0.2, 0.25) is 0 Å². The van der Waals surface area contributed by atoms with Crippen molar-refractivity contribution in [3.63, 3.8) is 0 Å². The van der Waals surface area contributed by atoms with Crippen LogP contribution in [0.1, 0.15) is 0 Å². The topological polar surface area (TPSA) is 37.4 Å². The third-order valence-electron chi connectivity index (χ3n) is 0.927. The molecule has 0 radical (unpaired) electrons. The summed E-state index contributed by atoms with van der Waals surface area (Å²) < 4.78 is 0.241. The Morgan fingerprint density at radius 1 is 1.80 bits per heavy atom. The molecular weight excluding hydrogens is 194 g/mol. The Labute approximate surface area is 71.7 Å². The number of nitrogens with zero attached hydrogens (tertiary/aromatic N) is 1. The molecule has 1 aliphatic rings.